The van der Waals surface area contributed by atoms with Crippen LogP contribution < -0.4 is 20.1 Å². The molecule has 1 atom stereocenters. The standard InChI is InChI=1S/C53H52N2OS.C3H6.2C2H6.C2H2/c1-8-18-42(39-26-30-44(31-27-39)54(7)37(5)46(10-3)41-20-13-11-14-21-41)35-52-36(4)53(56)49-34-43(22-17-25-51(49)57-52)40-28-32-45(33-29-40)55-38(6)47(19-9-2)48-23-15-12-16-24-50(48)55;1-3-2;3*1-2/h9-11,13-17,19-35,43H,3,8,12,18H2,1-2,4-7H3;3H,1H2,2H3;2*1-2H3;1-2H/b19-9-,42-35+,46-37-;;;;. The first-order valence-electron chi connectivity index (χ1n) is 23.3. The molecular weight excluding hydrogens is 821 g/mol. The van der Waals surface area contributed by atoms with Gasteiger partial charge in [-0.15, -0.1) is 30.8 Å². The number of terminal acetylenes is 1. The van der Waals surface area contributed by atoms with Crippen LogP contribution in [-0.2, 0) is 0 Å². The lowest BCUT2D eigenvalue weighted by atomic mass is 9.97. The molecule has 2 aromatic heterocycles. The first kappa shape index (κ1) is 53.7. The molecule has 342 valence electrons. The van der Waals surface area contributed by atoms with Gasteiger partial charge in [-0.2, -0.15) is 0 Å². The number of fused-ring (bicyclic) bond motifs is 2. The molecule has 0 N–H and O–H groups in total. The first-order valence-corrected chi connectivity index (χ1v) is 24.2. The molecule has 66 heavy (non-hydrogen) atoms. The third-order valence-electron chi connectivity index (χ3n) is 11.2. The summed E-state index contributed by atoms with van der Waals surface area (Å²) in [7, 11) is 2.10. The lowest BCUT2D eigenvalue weighted by Gasteiger charge is -2.23. The van der Waals surface area contributed by atoms with E-state index in [9.17, 15) is 4.79 Å². The van der Waals surface area contributed by atoms with Crippen LogP contribution in [0.5, 0.6) is 0 Å². The number of nitrogens with zero attached hydrogens (tertiary/aromatic N) is 2. The maximum absolute atomic E-state index is 14.2. The lowest BCUT2D eigenvalue weighted by Crippen LogP contribution is -2.39. The second kappa shape index (κ2) is 27.6. The third kappa shape index (κ3) is 12.8. The van der Waals surface area contributed by atoms with Crippen LogP contribution in [0.4, 0.5) is 5.69 Å². The van der Waals surface area contributed by atoms with Gasteiger partial charge in [0.05, 0.1) is 5.69 Å². The van der Waals surface area contributed by atoms with Gasteiger partial charge in [0.1, 0.15) is 0 Å². The molecular formula is C62H72N2OS. The van der Waals surface area contributed by atoms with Gasteiger partial charge in [-0.25, -0.2) is 0 Å². The highest BCUT2D eigenvalue weighted by molar-refractivity contribution is 7.10. The van der Waals surface area contributed by atoms with Crippen LogP contribution in [0.25, 0.3) is 53.3 Å². The second-order valence-electron chi connectivity index (χ2n) is 15.2. The van der Waals surface area contributed by atoms with Gasteiger partial charge in [-0.1, -0.05) is 163 Å². The zero-order valence-corrected chi connectivity index (χ0v) is 42.3. The lowest BCUT2D eigenvalue weighted by molar-refractivity contribution is 0.976. The van der Waals surface area contributed by atoms with Crippen molar-refractivity contribution in [3.63, 3.8) is 0 Å². The average molecular weight is 893 g/mol. The minimum absolute atomic E-state index is 0.0115. The summed E-state index contributed by atoms with van der Waals surface area (Å²) in [6.07, 6.45) is 38.6. The van der Waals surface area contributed by atoms with Gasteiger partial charge in [0.25, 0.3) is 0 Å². The Bertz CT molecular complexity index is 2780. The van der Waals surface area contributed by atoms with Crippen molar-refractivity contribution in [2.45, 2.75) is 94.4 Å². The Balaban J connectivity index is 0.00000120. The summed E-state index contributed by atoms with van der Waals surface area (Å²) in [4.78, 5) is 17.4. The van der Waals surface area contributed by atoms with Crippen LogP contribution in [0.15, 0.2) is 145 Å². The molecule has 2 aliphatic carbocycles. The molecule has 0 amide bonds. The second-order valence-corrected chi connectivity index (χ2v) is 16.3. The maximum atomic E-state index is 14.2. The molecule has 0 saturated carbocycles. The number of hydrogen-bond acceptors (Lipinski definition) is 3. The van der Waals surface area contributed by atoms with Crippen molar-refractivity contribution in [3.05, 3.63) is 210 Å². The van der Waals surface area contributed by atoms with Crippen molar-refractivity contribution in [3.8, 4) is 18.5 Å². The molecule has 0 saturated heterocycles. The summed E-state index contributed by atoms with van der Waals surface area (Å²) in [6, 6.07) is 28.0. The SMILES string of the molecule is C#C.C=C/C(=C(\C)N(C)c1ccc(/C(=C/c2sc3c(c(=O)c2C)=CC(c2ccc(-n4c(C)c(/C=C\C)c5c4C=CCC=C5)cc2)C=CC=3)CCC)cc1)c1ccccc1.C=CC.CC.CC. The molecule has 2 aliphatic rings. The molecule has 4 heteroatoms. The first-order chi connectivity index (χ1) is 32.1. The van der Waals surface area contributed by atoms with E-state index in [-0.39, 0.29) is 11.3 Å². The normalized spacial score (nSPS) is 13.6. The summed E-state index contributed by atoms with van der Waals surface area (Å²) in [5.74, 6) is -0.0115. The minimum Gasteiger partial charge on any atom is -0.348 e. The largest absolute Gasteiger partial charge is 0.348 e. The van der Waals surface area contributed by atoms with E-state index in [1.54, 1.807) is 17.4 Å². The maximum Gasteiger partial charge on any atom is 0.191 e. The van der Waals surface area contributed by atoms with E-state index in [2.05, 4.69) is 210 Å². The van der Waals surface area contributed by atoms with Gasteiger partial charge in [0, 0.05) is 72.6 Å². The monoisotopic (exact) mass is 893 g/mol. The molecule has 0 radical (unpaired) electrons. The number of anilines is 1. The summed E-state index contributed by atoms with van der Waals surface area (Å²) in [5.41, 5.74) is 15.1. The Morgan fingerprint density at radius 3 is 2.14 bits per heavy atom. The number of benzene rings is 3. The van der Waals surface area contributed by atoms with Crippen LogP contribution in [0.3, 0.4) is 0 Å². The highest BCUT2D eigenvalue weighted by Gasteiger charge is 2.19. The molecule has 7 rings (SSSR count). The predicted octanol–water partition coefficient (Wildman–Crippen LogP) is 15.8. The van der Waals surface area contributed by atoms with E-state index >= 15 is 0 Å². The summed E-state index contributed by atoms with van der Waals surface area (Å²) < 4.78 is 3.36. The zero-order valence-electron chi connectivity index (χ0n) is 41.5. The Morgan fingerprint density at radius 1 is 0.894 bits per heavy atom. The van der Waals surface area contributed by atoms with Crippen molar-refractivity contribution in [1.29, 1.82) is 0 Å². The fourth-order valence-electron chi connectivity index (χ4n) is 7.99. The van der Waals surface area contributed by atoms with E-state index in [1.807, 2.05) is 53.7 Å². The van der Waals surface area contributed by atoms with E-state index in [1.165, 1.54) is 33.7 Å². The van der Waals surface area contributed by atoms with Gasteiger partial charge < -0.3 is 9.47 Å². The average Bonchev–Trinajstić information content (AvgIpc) is 3.57. The zero-order chi connectivity index (χ0) is 48.8. The molecule has 5 aromatic rings. The van der Waals surface area contributed by atoms with Gasteiger partial charge in [0.2, 0.25) is 0 Å². The van der Waals surface area contributed by atoms with E-state index in [0.717, 1.165) is 73.2 Å². The number of aromatic nitrogens is 1. The van der Waals surface area contributed by atoms with Gasteiger partial charge in [-0.3, -0.25) is 4.79 Å². The van der Waals surface area contributed by atoms with Crippen LogP contribution in [0.2, 0.25) is 0 Å². The molecule has 1 unspecified atom stereocenters. The Hall–Kier alpha value is -6.67. The molecule has 3 aromatic carbocycles. The smallest absolute Gasteiger partial charge is 0.191 e. The quantitative estimate of drug-likeness (QED) is 0.0750. The van der Waals surface area contributed by atoms with E-state index in [4.69, 9.17) is 0 Å². The molecule has 0 bridgehead atoms. The number of rotatable bonds is 11. The van der Waals surface area contributed by atoms with Crippen LogP contribution in [0, 0.1) is 26.7 Å². The van der Waals surface area contributed by atoms with Crippen LogP contribution in [0.1, 0.15) is 130 Å². The van der Waals surface area contributed by atoms with Crippen LogP contribution in [-0.4, -0.2) is 11.6 Å². The Kier molecular flexibility index (Phi) is 22.5. The van der Waals surface area contributed by atoms with Gasteiger partial charge in [0.15, 0.2) is 5.43 Å². The van der Waals surface area contributed by atoms with Crippen molar-refractivity contribution < 1.29 is 0 Å². The fourth-order valence-corrected chi connectivity index (χ4v) is 9.09. The van der Waals surface area contributed by atoms with Crippen molar-refractivity contribution >= 4 is 64.6 Å². The minimum atomic E-state index is -0.0115. The van der Waals surface area contributed by atoms with E-state index < -0.39 is 0 Å². The molecule has 0 aliphatic heterocycles. The molecule has 0 fully saturated rings. The summed E-state index contributed by atoms with van der Waals surface area (Å²) in [6.45, 7) is 28.0. The van der Waals surface area contributed by atoms with Crippen LogP contribution >= 0.6 is 11.3 Å². The number of allylic oxidation sites excluding steroid dienone is 10. The third-order valence-corrected chi connectivity index (χ3v) is 12.4. The highest BCUT2D eigenvalue weighted by Crippen LogP contribution is 2.33. The Morgan fingerprint density at radius 2 is 1.53 bits per heavy atom. The fraction of sp³-hybridized carbons (Fsp3) is 0.242. The molecule has 0 spiro atoms. The highest BCUT2D eigenvalue weighted by atomic mass is 32.1. The number of hydrogen-bond donors (Lipinski definition) is 0. The van der Waals surface area contributed by atoms with Crippen molar-refractivity contribution in [2.24, 2.45) is 0 Å². The molecule has 3 nitrogen and oxygen atoms in total. The van der Waals surface area contributed by atoms with Crippen molar-refractivity contribution in [2.75, 3.05) is 11.9 Å². The van der Waals surface area contributed by atoms with Crippen molar-refractivity contribution in [1.82, 2.24) is 4.57 Å². The van der Waals surface area contributed by atoms with Gasteiger partial charge in [-0.05, 0) is 112 Å². The van der Waals surface area contributed by atoms with Gasteiger partial charge >= 0.3 is 0 Å². The summed E-state index contributed by atoms with van der Waals surface area (Å²) >= 11 is 1.70. The topological polar surface area (TPSA) is 25.2 Å². The Labute approximate surface area is 402 Å². The summed E-state index contributed by atoms with van der Waals surface area (Å²) in [5, 5.41) is 0.787. The van der Waals surface area contributed by atoms with E-state index in [0.29, 0.717) is 0 Å². The predicted molar refractivity (Wildman–Crippen MR) is 299 cm³/mol. The molecule has 2 heterocycles.